The van der Waals surface area contributed by atoms with Gasteiger partial charge in [-0.25, -0.2) is 5.43 Å². The summed E-state index contributed by atoms with van der Waals surface area (Å²) in [7, 11) is 0. The first-order valence-corrected chi connectivity index (χ1v) is 7.54. The number of nitrogens with one attached hydrogen (secondary N) is 2. The first kappa shape index (κ1) is 14.9. The number of phenolic OH excluding ortho intramolecular Hbond substituents is 2. The third-order valence-corrected chi connectivity index (χ3v) is 3.84. The number of hydrazone groups is 1. The second-order valence-corrected chi connectivity index (χ2v) is 5.57. The van der Waals surface area contributed by atoms with Crippen LogP contribution in [0.4, 0.5) is 5.95 Å². The van der Waals surface area contributed by atoms with E-state index in [0.29, 0.717) is 16.7 Å². The highest BCUT2D eigenvalue weighted by Gasteiger charge is 2.10. The van der Waals surface area contributed by atoms with Crippen LogP contribution in [-0.4, -0.2) is 36.6 Å². The molecule has 8 heteroatoms. The largest absolute Gasteiger partial charge is 0.508 e. The van der Waals surface area contributed by atoms with Crippen molar-refractivity contribution in [3.05, 3.63) is 47.5 Å². The first-order valence-electron chi connectivity index (χ1n) is 7.54. The summed E-state index contributed by atoms with van der Waals surface area (Å²) in [6.07, 6.45) is 1.40. The smallest absolute Gasteiger partial charge is 0.265 e. The highest BCUT2D eigenvalue weighted by atomic mass is 16.3. The van der Waals surface area contributed by atoms with E-state index in [9.17, 15) is 10.2 Å². The van der Waals surface area contributed by atoms with Gasteiger partial charge in [-0.1, -0.05) is 18.2 Å². The number of aryl methyl sites for hydroxylation is 1. The number of H-pyrrole nitrogens is 1. The SMILES string of the molecule is Cc1cccc2c1[nH]c1nc(N/N=C/c3ccc(O)cc3O)nnc12. The number of hydrogen-bond acceptors (Lipinski definition) is 7. The quantitative estimate of drug-likeness (QED) is 0.338. The molecule has 2 heterocycles. The Morgan fingerprint density at radius 2 is 2.04 bits per heavy atom. The molecule has 0 saturated heterocycles. The summed E-state index contributed by atoms with van der Waals surface area (Å²) in [6, 6.07) is 10.2. The Balaban J connectivity index is 1.62. The Morgan fingerprint density at radius 1 is 1.16 bits per heavy atom. The highest BCUT2D eigenvalue weighted by Crippen LogP contribution is 2.25. The molecule has 0 aliphatic heterocycles. The minimum Gasteiger partial charge on any atom is -0.508 e. The second-order valence-electron chi connectivity index (χ2n) is 5.57. The Labute approximate surface area is 141 Å². The van der Waals surface area contributed by atoms with E-state index >= 15 is 0 Å². The summed E-state index contributed by atoms with van der Waals surface area (Å²) in [5, 5.41) is 32.2. The van der Waals surface area contributed by atoms with E-state index in [1.807, 2.05) is 25.1 Å². The second kappa shape index (κ2) is 5.75. The van der Waals surface area contributed by atoms with Gasteiger partial charge in [-0.2, -0.15) is 10.1 Å². The minimum absolute atomic E-state index is 0.0188. The minimum atomic E-state index is -0.0776. The molecular weight excluding hydrogens is 320 g/mol. The van der Waals surface area contributed by atoms with E-state index in [2.05, 4.69) is 30.7 Å². The fourth-order valence-electron chi connectivity index (χ4n) is 2.59. The van der Waals surface area contributed by atoms with Crippen molar-refractivity contribution in [3.8, 4) is 11.5 Å². The van der Waals surface area contributed by atoms with Crippen LogP contribution < -0.4 is 5.43 Å². The van der Waals surface area contributed by atoms with E-state index in [-0.39, 0.29) is 17.4 Å². The number of phenols is 2. The fourth-order valence-corrected chi connectivity index (χ4v) is 2.59. The summed E-state index contributed by atoms with van der Waals surface area (Å²) in [5.41, 5.74) is 6.52. The average Bonchev–Trinajstić information content (AvgIpc) is 2.96. The van der Waals surface area contributed by atoms with Crippen LogP contribution in [0.3, 0.4) is 0 Å². The Bertz CT molecular complexity index is 1120. The van der Waals surface area contributed by atoms with Crippen LogP contribution in [0.25, 0.3) is 22.1 Å². The maximum atomic E-state index is 9.71. The number of anilines is 1. The molecule has 2 aromatic carbocycles. The van der Waals surface area contributed by atoms with Gasteiger partial charge in [0.15, 0.2) is 5.65 Å². The maximum absolute atomic E-state index is 9.71. The standard InChI is InChI=1S/C17H14N6O2/c1-9-3-2-4-12-14(9)19-16-15(12)21-23-17(20-16)22-18-8-10-5-6-11(24)7-13(10)25/h2-8,24-25H,1H3,(H2,19,20,22,23)/b18-8+. The number of aromatic nitrogens is 4. The van der Waals surface area contributed by atoms with Crippen LogP contribution in [0.2, 0.25) is 0 Å². The molecule has 0 radical (unpaired) electrons. The number of para-hydroxylation sites is 1. The third-order valence-electron chi connectivity index (χ3n) is 3.84. The summed E-state index contributed by atoms with van der Waals surface area (Å²) in [6.45, 7) is 2.01. The molecule has 0 bridgehead atoms. The maximum Gasteiger partial charge on any atom is 0.265 e. The predicted octanol–water partition coefficient (Wildman–Crippen LogP) is 2.67. The van der Waals surface area contributed by atoms with Gasteiger partial charge in [0, 0.05) is 17.0 Å². The van der Waals surface area contributed by atoms with Crippen LogP contribution in [-0.2, 0) is 0 Å². The van der Waals surface area contributed by atoms with E-state index < -0.39 is 0 Å². The van der Waals surface area contributed by atoms with Crippen LogP contribution in [0.1, 0.15) is 11.1 Å². The Morgan fingerprint density at radius 3 is 2.88 bits per heavy atom. The molecule has 124 valence electrons. The summed E-state index contributed by atoms with van der Waals surface area (Å²) >= 11 is 0. The van der Waals surface area contributed by atoms with Gasteiger partial charge in [0.2, 0.25) is 0 Å². The summed E-state index contributed by atoms with van der Waals surface area (Å²) < 4.78 is 0. The van der Waals surface area contributed by atoms with E-state index in [1.165, 1.54) is 18.3 Å². The van der Waals surface area contributed by atoms with Crippen LogP contribution in [0, 0.1) is 6.92 Å². The number of benzene rings is 2. The lowest BCUT2D eigenvalue weighted by molar-refractivity contribution is 0.450. The van der Waals surface area contributed by atoms with Gasteiger partial charge in [0.1, 0.15) is 17.0 Å². The molecule has 25 heavy (non-hydrogen) atoms. The zero-order valence-corrected chi connectivity index (χ0v) is 13.2. The van der Waals surface area contributed by atoms with Gasteiger partial charge in [0.05, 0.1) is 11.7 Å². The van der Waals surface area contributed by atoms with Crippen LogP contribution in [0.5, 0.6) is 11.5 Å². The van der Waals surface area contributed by atoms with Gasteiger partial charge in [-0.05, 0) is 24.6 Å². The van der Waals surface area contributed by atoms with Gasteiger partial charge >= 0.3 is 0 Å². The van der Waals surface area contributed by atoms with Crippen molar-refractivity contribution in [2.75, 3.05) is 5.43 Å². The number of aromatic amines is 1. The van der Waals surface area contributed by atoms with Crippen molar-refractivity contribution >= 4 is 34.2 Å². The highest BCUT2D eigenvalue weighted by molar-refractivity contribution is 6.04. The molecule has 2 aromatic heterocycles. The third kappa shape index (κ3) is 2.69. The normalized spacial score (nSPS) is 11.6. The van der Waals surface area contributed by atoms with E-state index in [1.54, 1.807) is 6.07 Å². The van der Waals surface area contributed by atoms with E-state index in [0.717, 1.165) is 16.5 Å². The molecule has 0 fully saturated rings. The van der Waals surface area contributed by atoms with Crippen molar-refractivity contribution in [1.29, 1.82) is 0 Å². The molecule has 0 aliphatic carbocycles. The topological polar surface area (TPSA) is 119 Å². The van der Waals surface area contributed by atoms with Crippen molar-refractivity contribution in [1.82, 2.24) is 20.2 Å². The number of aromatic hydroxyl groups is 2. The molecule has 8 nitrogen and oxygen atoms in total. The Kier molecular flexibility index (Phi) is 3.42. The first-order chi connectivity index (χ1) is 12.1. The molecule has 0 unspecified atom stereocenters. The monoisotopic (exact) mass is 334 g/mol. The summed E-state index contributed by atoms with van der Waals surface area (Å²) in [4.78, 5) is 7.60. The molecule has 4 rings (SSSR count). The molecule has 0 spiro atoms. The van der Waals surface area contributed by atoms with Gasteiger partial charge < -0.3 is 15.2 Å². The number of nitrogens with zero attached hydrogens (tertiary/aromatic N) is 4. The molecule has 0 amide bonds. The number of fused-ring (bicyclic) bond motifs is 3. The van der Waals surface area contributed by atoms with Gasteiger partial charge in [-0.3, -0.25) is 0 Å². The summed E-state index contributed by atoms with van der Waals surface area (Å²) in [5.74, 6) is 0.132. The van der Waals surface area contributed by atoms with Crippen LogP contribution in [0.15, 0.2) is 41.5 Å². The molecule has 0 atom stereocenters. The fraction of sp³-hybridized carbons (Fsp3) is 0.0588. The Hall–Kier alpha value is -3.68. The zero-order chi connectivity index (χ0) is 17.4. The van der Waals surface area contributed by atoms with Crippen molar-refractivity contribution < 1.29 is 10.2 Å². The zero-order valence-electron chi connectivity index (χ0n) is 13.2. The average molecular weight is 334 g/mol. The molecule has 0 aliphatic rings. The van der Waals surface area contributed by atoms with Crippen molar-refractivity contribution in [2.24, 2.45) is 5.10 Å². The lowest BCUT2D eigenvalue weighted by atomic mass is 10.1. The van der Waals surface area contributed by atoms with Gasteiger partial charge in [-0.15, -0.1) is 10.2 Å². The molecule has 4 N–H and O–H groups in total. The van der Waals surface area contributed by atoms with Crippen LogP contribution >= 0.6 is 0 Å². The lowest BCUT2D eigenvalue weighted by Crippen LogP contribution is -1.99. The van der Waals surface area contributed by atoms with Crippen molar-refractivity contribution in [2.45, 2.75) is 6.92 Å². The molecule has 4 aromatic rings. The van der Waals surface area contributed by atoms with Crippen molar-refractivity contribution in [3.63, 3.8) is 0 Å². The number of hydrogen-bond donors (Lipinski definition) is 4. The molecule has 0 saturated carbocycles. The number of rotatable bonds is 3. The predicted molar refractivity (Wildman–Crippen MR) is 94.9 cm³/mol. The van der Waals surface area contributed by atoms with Gasteiger partial charge in [0.25, 0.3) is 5.95 Å². The lowest BCUT2D eigenvalue weighted by Gasteiger charge is -2.00. The van der Waals surface area contributed by atoms with E-state index in [4.69, 9.17) is 0 Å². The molecular formula is C17H14N6O2.